The molecule has 200 valence electrons. The third-order valence-electron chi connectivity index (χ3n) is 5.28. The van der Waals surface area contributed by atoms with Crippen molar-refractivity contribution in [3.05, 3.63) is 76.7 Å². The molecular formula is C26H36N6O4S. The molecule has 1 aromatic rings. The van der Waals surface area contributed by atoms with E-state index in [0.29, 0.717) is 41.8 Å². The Balaban J connectivity index is 2.38. The molecule has 11 heteroatoms. The predicted octanol–water partition coefficient (Wildman–Crippen LogP) is 2.68. The van der Waals surface area contributed by atoms with Crippen LogP contribution in [0.3, 0.4) is 0 Å². The minimum Gasteiger partial charge on any atom is -0.513 e. The molecule has 0 saturated carbocycles. The summed E-state index contributed by atoms with van der Waals surface area (Å²) in [6.07, 6.45) is 7.32. The molecule has 0 aromatic carbocycles. The number of allylic oxidation sites excluding steroid dienone is 3. The van der Waals surface area contributed by atoms with Gasteiger partial charge in [0.1, 0.15) is 12.1 Å². The molecule has 0 saturated heterocycles. The Hall–Kier alpha value is -3.41. The summed E-state index contributed by atoms with van der Waals surface area (Å²) in [7, 11) is 1.64. The lowest BCUT2D eigenvalue weighted by molar-refractivity contribution is -0.116. The van der Waals surface area contributed by atoms with Crippen molar-refractivity contribution in [1.29, 1.82) is 5.41 Å². The zero-order valence-electron chi connectivity index (χ0n) is 22.0. The SMILES string of the molecule is Cc1cc(/C(=N/C(=C\O)C(=O)NC2=C/C(=C/NCCC(C)(C)O)C(=N)C=C2C(C)(C)O)N(C)S)ccn1. The minimum absolute atomic E-state index is 0.133. The van der Waals surface area contributed by atoms with Crippen LogP contribution in [0, 0.1) is 12.3 Å². The molecule has 1 heterocycles. The Morgan fingerprint density at radius 1 is 1.27 bits per heavy atom. The molecule has 0 aliphatic heterocycles. The molecule has 1 aliphatic rings. The molecule has 6 N–H and O–H groups in total. The van der Waals surface area contributed by atoms with E-state index in [0.717, 1.165) is 5.69 Å². The van der Waals surface area contributed by atoms with Gasteiger partial charge in [0.05, 0.1) is 16.9 Å². The summed E-state index contributed by atoms with van der Waals surface area (Å²) < 4.78 is 1.41. The van der Waals surface area contributed by atoms with Crippen LogP contribution in [0.5, 0.6) is 0 Å². The number of nitrogens with one attached hydrogen (secondary N) is 3. The average Bonchev–Trinajstić information content (AvgIpc) is 2.77. The summed E-state index contributed by atoms with van der Waals surface area (Å²) in [4.78, 5) is 21.6. The number of hydrogen-bond acceptors (Lipinski definition) is 9. The lowest BCUT2D eigenvalue weighted by Crippen LogP contribution is -2.35. The van der Waals surface area contributed by atoms with Crippen molar-refractivity contribution in [1.82, 2.24) is 19.9 Å². The number of carbonyl (C=O) groups excluding carboxylic acids is 1. The lowest BCUT2D eigenvalue weighted by Gasteiger charge is -2.28. The van der Waals surface area contributed by atoms with E-state index in [4.69, 9.17) is 5.41 Å². The van der Waals surface area contributed by atoms with Crippen LogP contribution in [-0.4, -0.2) is 66.9 Å². The van der Waals surface area contributed by atoms with Crippen LogP contribution in [0.25, 0.3) is 0 Å². The van der Waals surface area contributed by atoms with Gasteiger partial charge in [-0.15, -0.1) is 0 Å². The number of aromatic nitrogens is 1. The molecule has 1 amide bonds. The number of pyridine rings is 1. The van der Waals surface area contributed by atoms with Crippen molar-refractivity contribution in [2.24, 2.45) is 4.99 Å². The van der Waals surface area contributed by atoms with Crippen molar-refractivity contribution >= 4 is 30.3 Å². The van der Waals surface area contributed by atoms with Gasteiger partial charge in [0, 0.05) is 54.1 Å². The Labute approximate surface area is 223 Å². The Kier molecular flexibility index (Phi) is 9.85. The van der Waals surface area contributed by atoms with Crippen LogP contribution in [0.2, 0.25) is 0 Å². The second kappa shape index (κ2) is 12.2. The van der Waals surface area contributed by atoms with Gasteiger partial charge in [-0.25, -0.2) is 4.99 Å². The maximum Gasteiger partial charge on any atom is 0.277 e. The zero-order valence-corrected chi connectivity index (χ0v) is 22.9. The summed E-state index contributed by atoms with van der Waals surface area (Å²) in [5, 5.41) is 44.5. The van der Waals surface area contributed by atoms with Crippen LogP contribution in [0.1, 0.15) is 45.4 Å². The first-order valence-electron chi connectivity index (χ1n) is 11.6. The highest BCUT2D eigenvalue weighted by atomic mass is 32.1. The molecule has 10 nitrogen and oxygen atoms in total. The minimum atomic E-state index is -1.37. The number of amidine groups is 1. The first kappa shape index (κ1) is 29.8. The average molecular weight is 529 g/mol. The predicted molar refractivity (Wildman–Crippen MR) is 148 cm³/mol. The van der Waals surface area contributed by atoms with Crippen LogP contribution in [0.4, 0.5) is 0 Å². The van der Waals surface area contributed by atoms with Crippen LogP contribution >= 0.6 is 12.8 Å². The third kappa shape index (κ3) is 8.88. The van der Waals surface area contributed by atoms with Gasteiger partial charge in [0.2, 0.25) is 0 Å². The van der Waals surface area contributed by atoms with Crippen LogP contribution in [-0.2, 0) is 4.79 Å². The molecule has 1 aliphatic carbocycles. The van der Waals surface area contributed by atoms with Crippen molar-refractivity contribution in [2.75, 3.05) is 13.6 Å². The quantitative estimate of drug-likeness (QED) is 0.0649. The number of aliphatic imine (C=N–C) groups is 1. The molecule has 37 heavy (non-hydrogen) atoms. The van der Waals surface area contributed by atoms with E-state index in [-0.39, 0.29) is 17.1 Å². The van der Waals surface area contributed by atoms with Gasteiger partial charge >= 0.3 is 0 Å². The molecule has 0 spiro atoms. The summed E-state index contributed by atoms with van der Waals surface area (Å²) in [5.41, 5.74) is 0.0344. The number of aliphatic hydroxyl groups is 3. The van der Waals surface area contributed by atoms with E-state index < -0.39 is 17.1 Å². The zero-order chi connectivity index (χ0) is 28.0. The standard InChI is InChI=1S/C26H36N6O4S/c1-16-11-17(7-9-29-16)23(32(6)37)30-22(15-33)24(34)31-21-12-18(14-28-10-8-25(2,3)35)20(27)13-19(21)26(4,5)36/h7,9,11-15,27-28,33,35-37H,8,10H2,1-6H3,(H,31,34)/b18-14-,22-15-,27-20?,30-23-. The maximum absolute atomic E-state index is 13.2. The van der Waals surface area contributed by atoms with Crippen molar-refractivity contribution < 1.29 is 20.1 Å². The van der Waals surface area contributed by atoms with E-state index >= 15 is 0 Å². The van der Waals surface area contributed by atoms with Gasteiger partial charge in [0.25, 0.3) is 5.91 Å². The van der Waals surface area contributed by atoms with Gasteiger partial charge in [-0.3, -0.25) is 9.78 Å². The number of nitrogens with zero attached hydrogens (tertiary/aromatic N) is 3. The van der Waals surface area contributed by atoms with Crippen molar-refractivity contribution in [3.63, 3.8) is 0 Å². The van der Waals surface area contributed by atoms with Gasteiger partial charge in [-0.1, -0.05) is 12.8 Å². The maximum atomic E-state index is 13.2. The first-order valence-corrected chi connectivity index (χ1v) is 12.0. The van der Waals surface area contributed by atoms with Gasteiger partial charge in [-0.2, -0.15) is 0 Å². The number of aryl methyl sites for hydroxylation is 1. The summed E-state index contributed by atoms with van der Waals surface area (Å²) in [6.45, 7) is 8.79. The number of amides is 1. The van der Waals surface area contributed by atoms with E-state index in [2.05, 4.69) is 33.4 Å². The number of carbonyl (C=O) groups is 1. The van der Waals surface area contributed by atoms with Crippen LogP contribution in [0.15, 0.2) is 70.5 Å². The van der Waals surface area contributed by atoms with Gasteiger partial charge < -0.3 is 35.7 Å². The Morgan fingerprint density at radius 3 is 2.49 bits per heavy atom. The van der Waals surface area contributed by atoms with Crippen molar-refractivity contribution in [2.45, 2.75) is 52.2 Å². The summed E-state index contributed by atoms with van der Waals surface area (Å²) >= 11 is 4.32. The monoisotopic (exact) mass is 528 g/mol. The lowest BCUT2D eigenvalue weighted by atomic mass is 9.87. The Bertz CT molecular complexity index is 1180. The normalized spacial score (nSPS) is 16.4. The molecule has 0 fully saturated rings. The molecule has 2 rings (SSSR count). The number of aliphatic hydroxyl groups excluding tert-OH is 1. The number of hydrogen-bond donors (Lipinski definition) is 7. The summed E-state index contributed by atoms with van der Waals surface area (Å²) in [6, 6.07) is 3.47. The molecule has 0 unspecified atom stereocenters. The second-order valence-corrected chi connectivity index (χ2v) is 10.4. The highest BCUT2D eigenvalue weighted by Gasteiger charge is 2.29. The molecule has 0 radical (unpaired) electrons. The highest BCUT2D eigenvalue weighted by Crippen LogP contribution is 2.28. The van der Waals surface area contributed by atoms with Crippen LogP contribution < -0.4 is 10.6 Å². The topological polar surface area (TPSA) is 154 Å². The molecule has 0 bridgehead atoms. The van der Waals surface area contributed by atoms with Crippen molar-refractivity contribution in [3.8, 4) is 0 Å². The summed E-state index contributed by atoms with van der Waals surface area (Å²) in [5.74, 6) is -0.427. The fourth-order valence-corrected chi connectivity index (χ4v) is 3.51. The third-order valence-corrected chi connectivity index (χ3v) is 5.47. The number of rotatable bonds is 9. The fraction of sp³-hybridized carbons (Fsp3) is 0.385. The fourth-order valence-electron chi connectivity index (χ4n) is 3.35. The van der Waals surface area contributed by atoms with E-state index in [1.54, 1.807) is 65.3 Å². The largest absolute Gasteiger partial charge is 0.513 e. The first-order chi connectivity index (χ1) is 17.1. The Morgan fingerprint density at radius 2 is 1.95 bits per heavy atom. The highest BCUT2D eigenvalue weighted by molar-refractivity contribution is 7.78. The van der Waals surface area contributed by atoms with E-state index in [1.165, 1.54) is 10.4 Å². The van der Waals surface area contributed by atoms with Gasteiger partial charge in [-0.05, 0) is 65.3 Å². The van der Waals surface area contributed by atoms with E-state index in [1.807, 2.05) is 6.92 Å². The smallest absolute Gasteiger partial charge is 0.277 e. The molecular weight excluding hydrogens is 492 g/mol. The molecule has 0 atom stereocenters. The van der Waals surface area contributed by atoms with E-state index in [9.17, 15) is 20.1 Å². The molecule has 1 aromatic heterocycles. The second-order valence-electron chi connectivity index (χ2n) is 9.82. The number of thiol groups is 1. The van der Waals surface area contributed by atoms with Gasteiger partial charge in [0.15, 0.2) is 5.70 Å².